The van der Waals surface area contributed by atoms with Gasteiger partial charge in [-0.3, -0.25) is 4.79 Å². The van der Waals surface area contributed by atoms with Crippen LogP contribution in [0.2, 0.25) is 0 Å². The molecule has 2 heterocycles. The third kappa shape index (κ3) is 4.50. The first-order valence-electron chi connectivity index (χ1n) is 8.83. The normalized spacial score (nSPS) is 17.2. The van der Waals surface area contributed by atoms with Crippen LogP contribution in [0.5, 0.6) is 11.5 Å². The van der Waals surface area contributed by atoms with E-state index in [-0.39, 0.29) is 5.91 Å². The summed E-state index contributed by atoms with van der Waals surface area (Å²) < 4.78 is 11.4. The molecule has 25 heavy (non-hydrogen) atoms. The summed E-state index contributed by atoms with van der Waals surface area (Å²) in [6.07, 6.45) is 3.68. The number of benzene rings is 1. The number of nitrogens with zero attached hydrogens (tertiary/aromatic N) is 2. The maximum Gasteiger partial charge on any atom is 0.276 e. The zero-order valence-electron chi connectivity index (χ0n) is 14.6. The van der Waals surface area contributed by atoms with Gasteiger partial charge in [-0.25, -0.2) is 4.98 Å². The Morgan fingerprint density at radius 1 is 1.20 bits per heavy atom. The summed E-state index contributed by atoms with van der Waals surface area (Å²) in [7, 11) is 0. The highest BCUT2D eigenvalue weighted by Gasteiger charge is 2.27. The van der Waals surface area contributed by atoms with Crippen LogP contribution in [-0.4, -0.2) is 42.1 Å². The van der Waals surface area contributed by atoms with Gasteiger partial charge in [0.25, 0.3) is 5.91 Å². The van der Waals surface area contributed by atoms with Crippen LogP contribution in [0.25, 0.3) is 0 Å². The first-order valence-corrected chi connectivity index (χ1v) is 8.83. The van der Waals surface area contributed by atoms with Gasteiger partial charge in [-0.1, -0.05) is 18.2 Å². The summed E-state index contributed by atoms with van der Waals surface area (Å²) in [5, 5.41) is 0. The van der Waals surface area contributed by atoms with Crippen molar-refractivity contribution in [2.75, 3.05) is 26.3 Å². The quantitative estimate of drug-likeness (QED) is 0.809. The molecule has 2 aromatic rings. The minimum Gasteiger partial charge on any atom is -0.493 e. The van der Waals surface area contributed by atoms with Gasteiger partial charge in [-0.2, -0.15) is 0 Å². The van der Waals surface area contributed by atoms with Crippen molar-refractivity contribution < 1.29 is 14.3 Å². The first kappa shape index (κ1) is 17.3. The van der Waals surface area contributed by atoms with Gasteiger partial charge >= 0.3 is 0 Å². The molecule has 0 radical (unpaired) electrons. The maximum absolute atomic E-state index is 12.9. The van der Waals surface area contributed by atoms with Crippen LogP contribution in [0, 0.1) is 5.92 Å². The molecule has 5 heteroatoms. The molecule has 1 fully saturated rings. The molecule has 1 atom stereocenters. The summed E-state index contributed by atoms with van der Waals surface area (Å²) in [5.74, 6) is 1.69. The smallest absolute Gasteiger partial charge is 0.276 e. The van der Waals surface area contributed by atoms with E-state index in [0.29, 0.717) is 37.1 Å². The minimum absolute atomic E-state index is 0.0616. The van der Waals surface area contributed by atoms with Crippen LogP contribution in [0.3, 0.4) is 0 Å². The van der Waals surface area contributed by atoms with Crippen LogP contribution < -0.4 is 9.47 Å². The second kappa shape index (κ2) is 8.51. The highest BCUT2D eigenvalue weighted by molar-refractivity contribution is 5.95. The van der Waals surface area contributed by atoms with Crippen molar-refractivity contribution in [2.24, 2.45) is 5.92 Å². The molecular weight excluding hydrogens is 316 g/mol. The first-order chi connectivity index (χ1) is 12.3. The van der Waals surface area contributed by atoms with Crippen molar-refractivity contribution in [1.29, 1.82) is 0 Å². The third-order valence-electron chi connectivity index (χ3n) is 4.31. The van der Waals surface area contributed by atoms with Crippen LogP contribution in [0.4, 0.5) is 0 Å². The van der Waals surface area contributed by atoms with Gasteiger partial charge in [0.05, 0.1) is 13.2 Å². The lowest BCUT2D eigenvalue weighted by atomic mass is 9.98. The van der Waals surface area contributed by atoms with E-state index in [1.165, 1.54) is 0 Å². The standard InChI is InChI=1S/C20H24N2O3/c1-2-24-18-11-6-12-21-19(18)20(23)22-13-7-8-16(14-22)15-25-17-9-4-3-5-10-17/h3-6,9-12,16H,2,7-8,13-15H2,1H3/t16-/m1/s1. The Labute approximate surface area is 148 Å². The zero-order chi connectivity index (χ0) is 17.5. The summed E-state index contributed by atoms with van der Waals surface area (Å²) >= 11 is 0. The van der Waals surface area contributed by atoms with Gasteiger partial charge in [-0.15, -0.1) is 0 Å². The van der Waals surface area contributed by atoms with Gasteiger partial charge in [0, 0.05) is 25.2 Å². The topological polar surface area (TPSA) is 51.7 Å². The Balaban J connectivity index is 1.62. The summed E-state index contributed by atoms with van der Waals surface area (Å²) in [6, 6.07) is 13.4. The fraction of sp³-hybridized carbons (Fsp3) is 0.400. The van der Waals surface area contributed by atoms with Crippen LogP contribution in [0.1, 0.15) is 30.3 Å². The number of piperidine rings is 1. The fourth-order valence-corrected chi connectivity index (χ4v) is 3.09. The van der Waals surface area contributed by atoms with Gasteiger partial charge in [-0.05, 0) is 44.0 Å². The molecule has 0 spiro atoms. The number of hydrogen-bond acceptors (Lipinski definition) is 4. The fourth-order valence-electron chi connectivity index (χ4n) is 3.09. The molecule has 1 aliphatic heterocycles. The Morgan fingerprint density at radius 2 is 2.04 bits per heavy atom. The molecular formula is C20H24N2O3. The molecule has 1 aromatic heterocycles. The molecule has 1 saturated heterocycles. The Kier molecular flexibility index (Phi) is 5.88. The van der Waals surface area contributed by atoms with E-state index in [4.69, 9.17) is 9.47 Å². The van der Waals surface area contributed by atoms with Crippen molar-refractivity contribution in [3.8, 4) is 11.5 Å². The van der Waals surface area contributed by atoms with Crippen molar-refractivity contribution >= 4 is 5.91 Å². The Hall–Kier alpha value is -2.56. The van der Waals surface area contributed by atoms with E-state index in [0.717, 1.165) is 25.1 Å². The number of ether oxygens (including phenoxy) is 2. The average molecular weight is 340 g/mol. The molecule has 1 aliphatic rings. The molecule has 1 aromatic carbocycles. The lowest BCUT2D eigenvalue weighted by Gasteiger charge is -2.32. The summed E-state index contributed by atoms with van der Waals surface area (Å²) in [6.45, 7) is 4.48. The monoisotopic (exact) mass is 340 g/mol. The van der Waals surface area contributed by atoms with Crippen molar-refractivity contribution in [3.63, 3.8) is 0 Å². The minimum atomic E-state index is -0.0616. The lowest BCUT2D eigenvalue weighted by Crippen LogP contribution is -2.42. The Morgan fingerprint density at radius 3 is 2.84 bits per heavy atom. The largest absolute Gasteiger partial charge is 0.493 e. The maximum atomic E-state index is 12.9. The zero-order valence-corrected chi connectivity index (χ0v) is 14.6. The molecule has 0 N–H and O–H groups in total. The number of carbonyl (C=O) groups excluding carboxylic acids is 1. The number of pyridine rings is 1. The second-order valence-electron chi connectivity index (χ2n) is 6.17. The van der Waals surface area contributed by atoms with E-state index in [9.17, 15) is 4.79 Å². The third-order valence-corrected chi connectivity index (χ3v) is 4.31. The van der Waals surface area contributed by atoms with Gasteiger partial charge in [0.1, 0.15) is 5.75 Å². The van der Waals surface area contributed by atoms with Crippen LogP contribution in [-0.2, 0) is 0 Å². The number of rotatable bonds is 6. The highest BCUT2D eigenvalue weighted by atomic mass is 16.5. The molecule has 0 saturated carbocycles. The van der Waals surface area contributed by atoms with E-state index in [1.807, 2.05) is 42.2 Å². The van der Waals surface area contributed by atoms with E-state index >= 15 is 0 Å². The van der Waals surface area contributed by atoms with Gasteiger partial charge in [0.2, 0.25) is 0 Å². The Bertz CT molecular complexity index is 690. The predicted molar refractivity (Wildman–Crippen MR) is 96.0 cm³/mol. The number of aromatic nitrogens is 1. The van der Waals surface area contributed by atoms with Crippen LogP contribution in [0.15, 0.2) is 48.7 Å². The molecule has 5 nitrogen and oxygen atoms in total. The predicted octanol–water partition coefficient (Wildman–Crippen LogP) is 3.41. The molecule has 1 amide bonds. The van der Waals surface area contributed by atoms with Gasteiger partial charge in [0.15, 0.2) is 11.4 Å². The van der Waals surface area contributed by atoms with E-state index < -0.39 is 0 Å². The number of carbonyl (C=O) groups is 1. The molecule has 0 aliphatic carbocycles. The number of amides is 1. The number of likely N-dealkylation sites (tertiary alicyclic amines) is 1. The average Bonchev–Trinajstić information content (AvgIpc) is 2.68. The number of para-hydroxylation sites is 1. The van der Waals surface area contributed by atoms with E-state index in [1.54, 1.807) is 18.3 Å². The highest BCUT2D eigenvalue weighted by Crippen LogP contribution is 2.23. The second-order valence-corrected chi connectivity index (χ2v) is 6.17. The molecule has 0 unspecified atom stereocenters. The molecule has 132 valence electrons. The van der Waals surface area contributed by atoms with Gasteiger partial charge < -0.3 is 14.4 Å². The van der Waals surface area contributed by atoms with Crippen LogP contribution >= 0.6 is 0 Å². The summed E-state index contributed by atoms with van der Waals surface area (Å²) in [5.41, 5.74) is 0.397. The lowest BCUT2D eigenvalue weighted by molar-refractivity contribution is 0.0623. The van der Waals surface area contributed by atoms with Crippen molar-refractivity contribution in [3.05, 3.63) is 54.4 Å². The molecule has 0 bridgehead atoms. The summed E-state index contributed by atoms with van der Waals surface area (Å²) in [4.78, 5) is 19.0. The van der Waals surface area contributed by atoms with Crippen molar-refractivity contribution in [1.82, 2.24) is 9.88 Å². The molecule has 3 rings (SSSR count). The van der Waals surface area contributed by atoms with Crippen molar-refractivity contribution in [2.45, 2.75) is 19.8 Å². The van der Waals surface area contributed by atoms with E-state index in [2.05, 4.69) is 4.98 Å². The number of hydrogen-bond donors (Lipinski definition) is 0. The SMILES string of the molecule is CCOc1cccnc1C(=O)N1CCC[C@@H](COc2ccccc2)C1.